The van der Waals surface area contributed by atoms with Gasteiger partial charge in [-0.1, -0.05) is 63.2 Å². The second kappa shape index (κ2) is 10.2. The minimum absolute atomic E-state index is 0.0558. The largest absolute Gasteiger partial charge is 0.452 e. The van der Waals surface area contributed by atoms with E-state index in [-0.39, 0.29) is 16.9 Å². The van der Waals surface area contributed by atoms with Gasteiger partial charge in [0, 0.05) is 18.5 Å². The van der Waals surface area contributed by atoms with Gasteiger partial charge in [-0.3, -0.25) is 4.79 Å². The Kier molecular flexibility index (Phi) is 7.10. The Hall–Kier alpha value is -3.52. The van der Waals surface area contributed by atoms with Gasteiger partial charge < -0.3 is 9.64 Å². The van der Waals surface area contributed by atoms with Crippen LogP contribution in [0.2, 0.25) is 0 Å². The van der Waals surface area contributed by atoms with Crippen molar-refractivity contribution < 1.29 is 22.7 Å². The molecule has 2 aromatic carbocycles. The van der Waals surface area contributed by atoms with E-state index in [1.54, 1.807) is 7.05 Å². The fourth-order valence-electron chi connectivity index (χ4n) is 5.38. The van der Waals surface area contributed by atoms with Crippen molar-refractivity contribution in [3.8, 4) is 0 Å². The van der Waals surface area contributed by atoms with Crippen molar-refractivity contribution in [3.63, 3.8) is 0 Å². The number of fused-ring (bicyclic) bond motifs is 2. The molecule has 8 heteroatoms. The Bertz CT molecular complexity index is 1580. The number of hydrogen-bond acceptors (Lipinski definition) is 6. The van der Waals surface area contributed by atoms with E-state index in [9.17, 15) is 18.0 Å². The summed E-state index contributed by atoms with van der Waals surface area (Å²) in [6, 6.07) is 15.6. The molecule has 1 fully saturated rings. The predicted octanol–water partition coefficient (Wildman–Crippen LogP) is 4.82. The lowest BCUT2D eigenvalue weighted by atomic mass is 9.86. The number of aromatic nitrogens is 1. The minimum Gasteiger partial charge on any atom is -0.452 e. The van der Waals surface area contributed by atoms with E-state index in [0.29, 0.717) is 29.3 Å². The molecule has 1 atom stereocenters. The van der Waals surface area contributed by atoms with Crippen LogP contribution in [-0.2, 0) is 31.2 Å². The molecular formula is C31H34N2O5S. The number of hydrogen-bond donors (Lipinski definition) is 0. The van der Waals surface area contributed by atoms with Gasteiger partial charge in [0.15, 0.2) is 16.4 Å². The molecule has 39 heavy (non-hydrogen) atoms. The number of ether oxygens (including phenoxy) is 1. The zero-order chi connectivity index (χ0) is 27.9. The van der Waals surface area contributed by atoms with Crippen LogP contribution in [0.1, 0.15) is 66.4 Å². The first kappa shape index (κ1) is 27.1. The molecule has 0 spiro atoms. The van der Waals surface area contributed by atoms with Crippen molar-refractivity contribution in [2.24, 2.45) is 0 Å². The summed E-state index contributed by atoms with van der Waals surface area (Å²) in [7, 11) is -1.57. The molecule has 0 radical (unpaired) electrons. The predicted molar refractivity (Wildman–Crippen MR) is 153 cm³/mol. The first-order valence-electron chi connectivity index (χ1n) is 13.3. The zero-order valence-electron chi connectivity index (χ0n) is 22.9. The van der Waals surface area contributed by atoms with Crippen LogP contribution in [0.4, 0.5) is 0 Å². The number of benzene rings is 2. The maximum absolute atomic E-state index is 13.4. The normalized spacial score (nSPS) is 19.3. The molecule has 5 rings (SSSR count). The quantitative estimate of drug-likeness (QED) is 0.426. The van der Waals surface area contributed by atoms with Crippen LogP contribution in [0.5, 0.6) is 0 Å². The van der Waals surface area contributed by atoms with Crippen molar-refractivity contribution >= 4 is 44.3 Å². The standard InChI is InChI=1S/C31H34N2O5S/c1-31(2,3)22-12-9-20(10-13-22)17-21-11-14-25-28(24-7-5-6-8-26(24)32-29(21)25)30(35)38-18-27(34)33(4)23-15-16-39(36,37)19-23/h5-10,12-13,17,23H,11,14-16,18-19H2,1-4H3/b21-17+/t23-/m1/s1. The number of sulfone groups is 1. The van der Waals surface area contributed by atoms with E-state index in [4.69, 9.17) is 9.72 Å². The molecule has 0 N–H and O–H groups in total. The molecule has 0 unspecified atom stereocenters. The number of rotatable bonds is 5. The van der Waals surface area contributed by atoms with Crippen LogP contribution < -0.4 is 0 Å². The number of para-hydroxylation sites is 1. The Labute approximate surface area is 229 Å². The van der Waals surface area contributed by atoms with Crippen molar-refractivity contribution in [1.29, 1.82) is 0 Å². The van der Waals surface area contributed by atoms with Crippen LogP contribution in [-0.4, -0.2) is 61.4 Å². The number of pyridine rings is 1. The van der Waals surface area contributed by atoms with Crippen LogP contribution in [0.3, 0.4) is 0 Å². The summed E-state index contributed by atoms with van der Waals surface area (Å²) in [6.07, 6.45) is 3.92. The van der Waals surface area contributed by atoms with E-state index in [0.717, 1.165) is 28.8 Å². The smallest absolute Gasteiger partial charge is 0.339 e. The molecule has 204 valence electrons. The highest BCUT2D eigenvalue weighted by Crippen LogP contribution is 2.38. The van der Waals surface area contributed by atoms with E-state index < -0.39 is 34.4 Å². The second-order valence-corrected chi connectivity index (χ2v) is 13.7. The molecule has 2 heterocycles. The fraction of sp³-hybridized carbons (Fsp3) is 0.387. The van der Waals surface area contributed by atoms with Crippen molar-refractivity contribution in [3.05, 3.63) is 76.5 Å². The van der Waals surface area contributed by atoms with Crippen molar-refractivity contribution in [2.75, 3.05) is 25.2 Å². The summed E-state index contributed by atoms with van der Waals surface area (Å²) < 4.78 is 29.2. The van der Waals surface area contributed by atoms with Crippen LogP contribution >= 0.6 is 0 Å². The summed E-state index contributed by atoms with van der Waals surface area (Å²) >= 11 is 0. The maximum Gasteiger partial charge on any atom is 0.339 e. The van der Waals surface area contributed by atoms with Gasteiger partial charge in [0.1, 0.15) is 0 Å². The second-order valence-electron chi connectivity index (χ2n) is 11.5. The molecule has 7 nitrogen and oxygen atoms in total. The lowest BCUT2D eigenvalue weighted by Gasteiger charge is -2.23. The SMILES string of the molecule is CN(C(=O)COC(=O)c1c2c(nc3ccccc13)/C(=C/c1ccc(C(C)(C)C)cc1)CC2)[C@@H]1CCS(=O)(=O)C1. The Morgan fingerprint density at radius 2 is 1.79 bits per heavy atom. The molecule has 1 saturated heterocycles. The van der Waals surface area contributed by atoms with E-state index >= 15 is 0 Å². The van der Waals surface area contributed by atoms with Crippen LogP contribution in [0.25, 0.3) is 22.6 Å². The Balaban J connectivity index is 1.41. The van der Waals surface area contributed by atoms with Gasteiger partial charge in [-0.05, 0) is 59.1 Å². The van der Waals surface area contributed by atoms with E-state index in [1.807, 2.05) is 24.3 Å². The molecule has 1 amide bonds. The average molecular weight is 547 g/mol. The number of likely N-dealkylation sites (N-methyl/N-ethyl adjacent to an activating group) is 1. The van der Waals surface area contributed by atoms with Gasteiger partial charge in [0.25, 0.3) is 5.91 Å². The molecule has 3 aromatic rings. The highest BCUT2D eigenvalue weighted by molar-refractivity contribution is 7.91. The summed E-state index contributed by atoms with van der Waals surface area (Å²) in [6.45, 7) is 6.12. The summed E-state index contributed by atoms with van der Waals surface area (Å²) in [5, 5.41) is 0.694. The summed E-state index contributed by atoms with van der Waals surface area (Å²) in [5.74, 6) is -0.971. The van der Waals surface area contributed by atoms with Gasteiger partial charge in [-0.15, -0.1) is 0 Å². The third-order valence-corrected chi connectivity index (χ3v) is 9.49. The summed E-state index contributed by atoms with van der Waals surface area (Å²) in [5.41, 5.74) is 6.24. The van der Waals surface area contributed by atoms with Crippen LogP contribution in [0.15, 0.2) is 48.5 Å². The zero-order valence-corrected chi connectivity index (χ0v) is 23.7. The topological polar surface area (TPSA) is 93.6 Å². The Morgan fingerprint density at radius 1 is 1.08 bits per heavy atom. The molecule has 0 saturated carbocycles. The maximum atomic E-state index is 13.4. The highest BCUT2D eigenvalue weighted by Gasteiger charge is 2.33. The molecule has 1 aromatic heterocycles. The third kappa shape index (κ3) is 5.62. The number of carbonyl (C=O) groups is 2. The van der Waals surface area contributed by atoms with Crippen molar-refractivity contribution in [2.45, 2.75) is 51.5 Å². The number of esters is 1. The lowest BCUT2D eigenvalue weighted by Crippen LogP contribution is -2.40. The lowest BCUT2D eigenvalue weighted by molar-refractivity contribution is -0.134. The number of carbonyl (C=O) groups excluding carboxylic acids is 2. The minimum atomic E-state index is -3.13. The van der Waals surface area contributed by atoms with Gasteiger partial charge in [-0.2, -0.15) is 0 Å². The van der Waals surface area contributed by atoms with Gasteiger partial charge in [0.2, 0.25) is 0 Å². The van der Waals surface area contributed by atoms with Crippen LogP contribution in [0, 0.1) is 0 Å². The average Bonchev–Trinajstić information content (AvgIpc) is 3.47. The molecule has 1 aliphatic heterocycles. The highest BCUT2D eigenvalue weighted by atomic mass is 32.2. The number of allylic oxidation sites excluding steroid dienone is 1. The molecule has 1 aliphatic carbocycles. The number of amides is 1. The van der Waals surface area contributed by atoms with Crippen molar-refractivity contribution in [1.82, 2.24) is 9.88 Å². The third-order valence-electron chi connectivity index (χ3n) is 7.74. The molecular weight excluding hydrogens is 512 g/mol. The molecule has 2 aliphatic rings. The van der Waals surface area contributed by atoms with Gasteiger partial charge >= 0.3 is 5.97 Å². The Morgan fingerprint density at radius 3 is 2.46 bits per heavy atom. The number of nitrogens with zero attached hydrogens (tertiary/aromatic N) is 2. The van der Waals surface area contributed by atoms with E-state index in [1.165, 1.54) is 10.5 Å². The summed E-state index contributed by atoms with van der Waals surface area (Å²) in [4.78, 5) is 32.5. The van der Waals surface area contributed by atoms with E-state index in [2.05, 4.69) is 51.1 Å². The van der Waals surface area contributed by atoms with Gasteiger partial charge in [0.05, 0.1) is 28.3 Å². The first-order chi connectivity index (χ1) is 18.4. The monoisotopic (exact) mass is 546 g/mol. The van der Waals surface area contributed by atoms with Gasteiger partial charge in [-0.25, -0.2) is 18.2 Å². The first-order valence-corrected chi connectivity index (χ1v) is 15.1. The fourth-order valence-corrected chi connectivity index (χ4v) is 7.15. The molecule has 0 bridgehead atoms.